The van der Waals surface area contributed by atoms with Crippen LogP contribution in [0.3, 0.4) is 0 Å². The molecule has 1 aromatic rings. The molecule has 2 atom stereocenters. The number of phenolic OH excluding ortho intramolecular Hbond substituents is 1. The zero-order valence-electron chi connectivity index (χ0n) is 10.6. The molecule has 0 saturated heterocycles. The quantitative estimate of drug-likeness (QED) is 0.623. The fourth-order valence-corrected chi connectivity index (χ4v) is 2.35. The van der Waals surface area contributed by atoms with E-state index in [9.17, 15) is 19.8 Å². The van der Waals surface area contributed by atoms with E-state index in [4.69, 9.17) is 4.74 Å². The maximum absolute atomic E-state index is 11.8. The summed E-state index contributed by atoms with van der Waals surface area (Å²) in [6.07, 6.45) is 0.799. The number of carbonyl (C=O) groups is 2. The van der Waals surface area contributed by atoms with Crippen LogP contribution in [-0.2, 0) is 20.7 Å². The highest BCUT2D eigenvalue weighted by atomic mass is 16.5. The van der Waals surface area contributed by atoms with E-state index in [1.807, 2.05) is 0 Å². The van der Waals surface area contributed by atoms with Crippen molar-refractivity contribution in [3.63, 3.8) is 0 Å². The van der Waals surface area contributed by atoms with Gasteiger partial charge in [-0.2, -0.15) is 0 Å². The molecule has 0 bridgehead atoms. The second-order valence-electron chi connectivity index (χ2n) is 4.77. The van der Waals surface area contributed by atoms with Gasteiger partial charge in [0.25, 0.3) is 0 Å². The third-order valence-electron chi connectivity index (χ3n) is 3.54. The average Bonchev–Trinajstić information content (AvgIpc) is 3.08. The lowest BCUT2D eigenvalue weighted by molar-refractivity contribution is -0.161. The summed E-state index contributed by atoms with van der Waals surface area (Å²) in [6.45, 7) is 1.84. The molecule has 2 unspecified atom stereocenters. The maximum Gasteiger partial charge on any atom is 0.323 e. The van der Waals surface area contributed by atoms with E-state index >= 15 is 0 Å². The van der Waals surface area contributed by atoms with Crippen LogP contribution < -0.4 is 0 Å². The molecule has 1 aromatic carbocycles. The highest BCUT2D eigenvalue weighted by molar-refractivity contribution is 6.03. The summed E-state index contributed by atoms with van der Waals surface area (Å²) in [6, 6.07) is 6.55. The molecule has 5 nitrogen and oxygen atoms in total. The van der Waals surface area contributed by atoms with Gasteiger partial charge in [0.2, 0.25) is 0 Å². The van der Waals surface area contributed by atoms with E-state index in [-0.39, 0.29) is 18.3 Å². The molecule has 1 aliphatic rings. The molecule has 1 aliphatic carbocycles. The third kappa shape index (κ3) is 2.41. The van der Waals surface area contributed by atoms with E-state index in [2.05, 4.69) is 0 Å². The summed E-state index contributed by atoms with van der Waals surface area (Å²) in [5.41, 5.74) is -0.483. The van der Waals surface area contributed by atoms with E-state index in [0.29, 0.717) is 12.8 Å². The second kappa shape index (κ2) is 4.91. The minimum absolute atomic E-state index is 0.162. The van der Waals surface area contributed by atoms with Crippen LogP contribution in [0.2, 0.25) is 0 Å². The molecule has 2 N–H and O–H groups in total. The van der Waals surface area contributed by atoms with Crippen LogP contribution in [0.1, 0.15) is 18.9 Å². The van der Waals surface area contributed by atoms with Crippen molar-refractivity contribution in [3.05, 3.63) is 29.8 Å². The molecule has 102 valence electrons. The van der Waals surface area contributed by atoms with Gasteiger partial charge < -0.3 is 14.9 Å². The number of aromatic hydroxyl groups is 1. The van der Waals surface area contributed by atoms with E-state index in [1.54, 1.807) is 31.2 Å². The third-order valence-corrected chi connectivity index (χ3v) is 3.54. The van der Waals surface area contributed by atoms with Crippen LogP contribution in [0.25, 0.3) is 0 Å². The molecule has 19 heavy (non-hydrogen) atoms. The number of ether oxygens (including phenoxy) is 1. The van der Waals surface area contributed by atoms with Crippen LogP contribution in [0.15, 0.2) is 24.3 Å². The van der Waals surface area contributed by atoms with Crippen molar-refractivity contribution in [2.24, 2.45) is 11.3 Å². The number of benzene rings is 1. The fourth-order valence-electron chi connectivity index (χ4n) is 2.35. The minimum Gasteiger partial charge on any atom is -0.508 e. The number of carbonyl (C=O) groups excluding carboxylic acids is 1. The summed E-state index contributed by atoms with van der Waals surface area (Å²) in [4.78, 5) is 23.1. The monoisotopic (exact) mass is 264 g/mol. The number of aliphatic carboxylic acids is 1. The van der Waals surface area contributed by atoms with Gasteiger partial charge in [-0.05, 0) is 43.4 Å². The molecule has 2 rings (SSSR count). The standard InChI is InChI=1S/C14H16O5/c1-2-19-13(18)14(12(16)17)8-10(14)7-9-3-5-11(15)6-4-9/h3-6,10,15H,2,7-8H2,1H3,(H,16,17). The minimum atomic E-state index is -1.38. The van der Waals surface area contributed by atoms with Gasteiger partial charge in [-0.3, -0.25) is 9.59 Å². The summed E-state index contributed by atoms with van der Waals surface area (Å²) in [5, 5.41) is 18.4. The van der Waals surface area contributed by atoms with Crippen molar-refractivity contribution in [1.82, 2.24) is 0 Å². The Morgan fingerprint density at radius 3 is 2.53 bits per heavy atom. The molecule has 0 heterocycles. The van der Waals surface area contributed by atoms with Crippen LogP contribution in [-0.4, -0.2) is 28.8 Å². The van der Waals surface area contributed by atoms with Gasteiger partial charge in [0, 0.05) is 0 Å². The zero-order valence-corrected chi connectivity index (χ0v) is 10.6. The molecule has 0 aliphatic heterocycles. The Kier molecular flexibility index (Phi) is 3.46. The molecular weight excluding hydrogens is 248 g/mol. The van der Waals surface area contributed by atoms with E-state index in [0.717, 1.165) is 5.56 Å². The Bertz CT molecular complexity index is 493. The molecule has 0 aromatic heterocycles. The predicted molar refractivity (Wildman–Crippen MR) is 66.6 cm³/mol. The SMILES string of the molecule is CCOC(=O)C1(C(=O)O)CC1Cc1ccc(O)cc1. The highest BCUT2D eigenvalue weighted by Crippen LogP contribution is 2.55. The lowest BCUT2D eigenvalue weighted by atomic mass is 9.99. The number of phenols is 1. The summed E-state index contributed by atoms with van der Waals surface area (Å²) in [7, 11) is 0. The largest absolute Gasteiger partial charge is 0.508 e. The van der Waals surface area contributed by atoms with Crippen LogP contribution >= 0.6 is 0 Å². The first-order chi connectivity index (χ1) is 9.00. The van der Waals surface area contributed by atoms with Gasteiger partial charge in [-0.1, -0.05) is 12.1 Å². The van der Waals surface area contributed by atoms with Crippen LogP contribution in [0.5, 0.6) is 5.75 Å². The van der Waals surface area contributed by atoms with E-state index < -0.39 is 17.4 Å². The van der Waals surface area contributed by atoms with Gasteiger partial charge in [-0.15, -0.1) is 0 Å². The van der Waals surface area contributed by atoms with Crippen molar-refractivity contribution in [2.75, 3.05) is 6.61 Å². The molecule has 0 amide bonds. The van der Waals surface area contributed by atoms with Crippen molar-refractivity contribution in [2.45, 2.75) is 19.8 Å². The second-order valence-corrected chi connectivity index (χ2v) is 4.77. The van der Waals surface area contributed by atoms with E-state index in [1.165, 1.54) is 0 Å². The van der Waals surface area contributed by atoms with Gasteiger partial charge in [-0.25, -0.2) is 0 Å². The van der Waals surface area contributed by atoms with Crippen LogP contribution in [0, 0.1) is 11.3 Å². The zero-order chi connectivity index (χ0) is 14.0. The summed E-state index contributed by atoms with van der Waals surface area (Å²) < 4.78 is 4.86. The van der Waals surface area contributed by atoms with Gasteiger partial charge >= 0.3 is 11.9 Å². The molecule has 1 fully saturated rings. The predicted octanol–water partition coefficient (Wildman–Crippen LogP) is 1.59. The molecular formula is C14H16O5. The summed E-state index contributed by atoms with van der Waals surface area (Å²) >= 11 is 0. The Balaban J connectivity index is 2.09. The first-order valence-corrected chi connectivity index (χ1v) is 6.19. The highest BCUT2D eigenvalue weighted by Gasteiger charge is 2.67. The number of hydrogen-bond acceptors (Lipinski definition) is 4. The Morgan fingerprint density at radius 2 is 2.00 bits per heavy atom. The van der Waals surface area contributed by atoms with Gasteiger partial charge in [0.15, 0.2) is 5.41 Å². The topological polar surface area (TPSA) is 83.8 Å². The van der Waals surface area contributed by atoms with Crippen molar-refractivity contribution >= 4 is 11.9 Å². The molecule has 0 spiro atoms. The summed E-state index contributed by atoms with van der Waals surface area (Å²) in [5.74, 6) is -1.84. The van der Waals surface area contributed by atoms with Crippen LogP contribution in [0.4, 0.5) is 0 Å². The smallest absolute Gasteiger partial charge is 0.323 e. The van der Waals surface area contributed by atoms with Gasteiger partial charge in [0.05, 0.1) is 6.61 Å². The number of carboxylic acids is 1. The molecule has 5 heteroatoms. The Hall–Kier alpha value is -2.04. The number of esters is 1. The van der Waals surface area contributed by atoms with Gasteiger partial charge in [0.1, 0.15) is 5.75 Å². The molecule has 1 saturated carbocycles. The molecule has 0 radical (unpaired) electrons. The number of carboxylic acid groups (broad SMARTS) is 1. The number of hydrogen-bond donors (Lipinski definition) is 2. The Morgan fingerprint density at radius 1 is 1.37 bits per heavy atom. The maximum atomic E-state index is 11.8. The first kappa shape index (κ1) is 13.4. The van der Waals surface area contributed by atoms with Crippen molar-refractivity contribution < 1.29 is 24.5 Å². The lowest BCUT2D eigenvalue weighted by Gasteiger charge is -2.11. The van der Waals surface area contributed by atoms with Crippen molar-refractivity contribution in [1.29, 1.82) is 0 Å². The average molecular weight is 264 g/mol. The Labute approximate surface area is 110 Å². The normalized spacial score (nSPS) is 24.8. The lowest BCUT2D eigenvalue weighted by Crippen LogP contribution is -2.30. The first-order valence-electron chi connectivity index (χ1n) is 6.19. The fraction of sp³-hybridized carbons (Fsp3) is 0.429. The van der Waals surface area contributed by atoms with Crippen molar-refractivity contribution in [3.8, 4) is 5.75 Å². The number of rotatable bonds is 5.